The first-order valence-corrected chi connectivity index (χ1v) is 9.04. The van der Waals surface area contributed by atoms with E-state index in [1.165, 1.54) is 37.1 Å². The van der Waals surface area contributed by atoms with Crippen LogP contribution in [0.2, 0.25) is 0 Å². The van der Waals surface area contributed by atoms with E-state index < -0.39 is 0 Å². The van der Waals surface area contributed by atoms with Crippen LogP contribution in [0.5, 0.6) is 0 Å². The van der Waals surface area contributed by atoms with Crippen LogP contribution in [0.4, 0.5) is 5.82 Å². The Kier molecular flexibility index (Phi) is 3.21. The molecule has 0 radical (unpaired) electrons. The quantitative estimate of drug-likeness (QED) is 0.852. The standard InChI is InChI=1S/C19H22N4O/c24-19-6-2-5-17-15-7-13(10-23(17)19)9-22(11-15)18-8-16(20-12-21-18)14-3-1-4-14/h2,5-6,8,12-15H,1,3-4,7,9-11H2. The maximum absolute atomic E-state index is 12.1. The van der Waals surface area contributed by atoms with Crippen LogP contribution in [0, 0.1) is 5.92 Å². The molecular formula is C19H22N4O. The van der Waals surface area contributed by atoms with E-state index in [2.05, 4.69) is 27.0 Å². The third kappa shape index (κ3) is 2.26. The molecule has 0 aromatic carbocycles. The van der Waals surface area contributed by atoms with Crippen LogP contribution >= 0.6 is 0 Å². The van der Waals surface area contributed by atoms with Gasteiger partial charge in [0.25, 0.3) is 5.56 Å². The lowest BCUT2D eigenvalue weighted by molar-refractivity contribution is 0.280. The topological polar surface area (TPSA) is 51.0 Å². The van der Waals surface area contributed by atoms with Gasteiger partial charge in [-0.2, -0.15) is 0 Å². The Balaban J connectivity index is 1.45. The second-order valence-electron chi connectivity index (χ2n) is 7.53. The monoisotopic (exact) mass is 322 g/mol. The van der Waals surface area contributed by atoms with Gasteiger partial charge in [-0.3, -0.25) is 4.79 Å². The molecule has 1 aliphatic carbocycles. The summed E-state index contributed by atoms with van der Waals surface area (Å²) in [6.07, 6.45) is 6.76. The van der Waals surface area contributed by atoms with E-state index in [9.17, 15) is 4.79 Å². The van der Waals surface area contributed by atoms with Crippen LogP contribution in [0.3, 0.4) is 0 Å². The number of hydrogen-bond acceptors (Lipinski definition) is 4. The highest BCUT2D eigenvalue weighted by Crippen LogP contribution is 2.38. The molecule has 5 rings (SSSR count). The van der Waals surface area contributed by atoms with Crippen LogP contribution in [0.1, 0.15) is 48.9 Å². The Morgan fingerprint density at radius 3 is 2.79 bits per heavy atom. The third-order valence-corrected chi connectivity index (χ3v) is 6.00. The molecule has 124 valence electrons. The molecule has 2 aliphatic heterocycles. The van der Waals surface area contributed by atoms with E-state index in [1.54, 1.807) is 12.4 Å². The second kappa shape index (κ2) is 5.43. The van der Waals surface area contributed by atoms with Crippen LogP contribution in [-0.2, 0) is 6.54 Å². The summed E-state index contributed by atoms with van der Waals surface area (Å²) in [5.74, 6) is 2.65. The summed E-state index contributed by atoms with van der Waals surface area (Å²) in [6, 6.07) is 7.89. The van der Waals surface area contributed by atoms with Crippen molar-refractivity contribution in [3.63, 3.8) is 0 Å². The summed E-state index contributed by atoms with van der Waals surface area (Å²) in [5.41, 5.74) is 2.54. The van der Waals surface area contributed by atoms with E-state index in [0.29, 0.717) is 17.8 Å². The fourth-order valence-electron chi connectivity index (χ4n) is 4.55. The molecule has 1 saturated carbocycles. The lowest BCUT2D eigenvalue weighted by Gasteiger charge is -2.43. The molecule has 0 amide bonds. The first-order chi connectivity index (χ1) is 11.8. The Bertz CT molecular complexity index is 826. The van der Waals surface area contributed by atoms with Crippen molar-refractivity contribution in [3.8, 4) is 0 Å². The highest BCUT2D eigenvalue weighted by atomic mass is 16.1. The van der Waals surface area contributed by atoms with Gasteiger partial charge in [0.2, 0.25) is 0 Å². The molecule has 2 fully saturated rings. The van der Waals surface area contributed by atoms with Gasteiger partial charge in [-0.05, 0) is 31.2 Å². The van der Waals surface area contributed by atoms with Crippen molar-refractivity contribution in [2.45, 2.75) is 44.1 Å². The van der Waals surface area contributed by atoms with Gasteiger partial charge in [0.05, 0.1) is 0 Å². The van der Waals surface area contributed by atoms with E-state index in [1.807, 2.05) is 10.6 Å². The summed E-state index contributed by atoms with van der Waals surface area (Å²) < 4.78 is 1.98. The third-order valence-electron chi connectivity index (χ3n) is 6.00. The van der Waals surface area contributed by atoms with E-state index in [0.717, 1.165) is 25.5 Å². The molecule has 3 aliphatic rings. The number of fused-ring (bicyclic) bond motifs is 4. The number of rotatable bonds is 2. The van der Waals surface area contributed by atoms with Gasteiger partial charge in [-0.25, -0.2) is 9.97 Å². The molecule has 2 atom stereocenters. The van der Waals surface area contributed by atoms with Gasteiger partial charge in [0.1, 0.15) is 12.1 Å². The number of anilines is 1. The maximum atomic E-state index is 12.1. The van der Waals surface area contributed by atoms with Crippen molar-refractivity contribution in [2.24, 2.45) is 5.92 Å². The molecule has 0 spiro atoms. The molecule has 5 nitrogen and oxygen atoms in total. The SMILES string of the molecule is O=c1cccc2n1CC1CC2CN(c2cc(C3CCC3)ncn2)C1. The summed E-state index contributed by atoms with van der Waals surface area (Å²) >= 11 is 0. The molecule has 2 unspecified atom stereocenters. The molecule has 24 heavy (non-hydrogen) atoms. The molecule has 2 aromatic heterocycles. The average Bonchev–Trinajstić information content (AvgIpc) is 2.54. The summed E-state index contributed by atoms with van der Waals surface area (Å²) in [4.78, 5) is 23.6. The Morgan fingerprint density at radius 1 is 1.04 bits per heavy atom. The number of piperidine rings is 1. The van der Waals surface area contributed by atoms with Crippen LogP contribution in [-0.4, -0.2) is 27.6 Å². The lowest BCUT2D eigenvalue weighted by Crippen LogP contribution is -2.47. The van der Waals surface area contributed by atoms with Gasteiger partial charge >= 0.3 is 0 Å². The predicted molar refractivity (Wildman–Crippen MR) is 92.4 cm³/mol. The van der Waals surface area contributed by atoms with Crippen molar-refractivity contribution in [1.82, 2.24) is 14.5 Å². The van der Waals surface area contributed by atoms with Crippen molar-refractivity contribution >= 4 is 5.82 Å². The lowest BCUT2D eigenvalue weighted by atomic mass is 9.82. The van der Waals surface area contributed by atoms with Crippen LogP contribution < -0.4 is 10.5 Å². The molecule has 5 heteroatoms. The minimum absolute atomic E-state index is 0.143. The second-order valence-corrected chi connectivity index (χ2v) is 7.53. The van der Waals surface area contributed by atoms with E-state index in [4.69, 9.17) is 0 Å². The number of pyridine rings is 1. The van der Waals surface area contributed by atoms with Crippen molar-refractivity contribution in [1.29, 1.82) is 0 Å². The van der Waals surface area contributed by atoms with Crippen LogP contribution in [0.25, 0.3) is 0 Å². The van der Waals surface area contributed by atoms with Gasteiger partial charge in [-0.15, -0.1) is 0 Å². The van der Waals surface area contributed by atoms with E-state index in [-0.39, 0.29) is 5.56 Å². The minimum atomic E-state index is 0.143. The fraction of sp³-hybridized carbons (Fsp3) is 0.526. The van der Waals surface area contributed by atoms with Crippen molar-refractivity contribution in [3.05, 3.63) is 52.3 Å². The molecule has 4 heterocycles. The zero-order valence-corrected chi connectivity index (χ0v) is 13.8. The molecule has 1 saturated heterocycles. The number of hydrogen-bond donors (Lipinski definition) is 0. The smallest absolute Gasteiger partial charge is 0.250 e. The number of aromatic nitrogens is 3. The molecular weight excluding hydrogens is 300 g/mol. The first kappa shape index (κ1) is 14.2. The Hall–Kier alpha value is -2.17. The van der Waals surface area contributed by atoms with Gasteiger partial charge < -0.3 is 9.47 Å². The van der Waals surface area contributed by atoms with Crippen molar-refractivity contribution in [2.75, 3.05) is 18.0 Å². The van der Waals surface area contributed by atoms with E-state index >= 15 is 0 Å². The highest BCUT2D eigenvalue weighted by Gasteiger charge is 2.35. The Morgan fingerprint density at radius 2 is 1.96 bits per heavy atom. The molecule has 2 bridgehead atoms. The fourth-order valence-corrected chi connectivity index (χ4v) is 4.55. The van der Waals surface area contributed by atoms with Crippen LogP contribution in [0.15, 0.2) is 35.4 Å². The maximum Gasteiger partial charge on any atom is 0.250 e. The highest BCUT2D eigenvalue weighted by molar-refractivity contribution is 5.42. The zero-order chi connectivity index (χ0) is 16.1. The molecule has 2 aromatic rings. The van der Waals surface area contributed by atoms with Gasteiger partial charge in [0.15, 0.2) is 0 Å². The first-order valence-electron chi connectivity index (χ1n) is 9.04. The van der Waals surface area contributed by atoms with Crippen molar-refractivity contribution < 1.29 is 0 Å². The zero-order valence-electron chi connectivity index (χ0n) is 13.8. The summed E-state index contributed by atoms with van der Waals surface area (Å²) in [5, 5.41) is 0. The Labute approximate surface area is 141 Å². The minimum Gasteiger partial charge on any atom is -0.355 e. The van der Waals surface area contributed by atoms with Gasteiger partial charge in [0, 0.05) is 55.0 Å². The normalized spacial score (nSPS) is 25.9. The average molecular weight is 322 g/mol. The molecule has 0 N–H and O–H groups in total. The largest absolute Gasteiger partial charge is 0.355 e. The summed E-state index contributed by atoms with van der Waals surface area (Å²) in [7, 11) is 0. The van der Waals surface area contributed by atoms with Gasteiger partial charge in [-0.1, -0.05) is 12.5 Å². The number of nitrogens with zero attached hydrogens (tertiary/aromatic N) is 4. The summed E-state index contributed by atoms with van der Waals surface area (Å²) in [6.45, 7) is 2.77. The predicted octanol–water partition coefficient (Wildman–Crippen LogP) is 2.53.